The molecule has 0 aliphatic carbocycles. The molecule has 0 radical (unpaired) electrons. The fourth-order valence-corrected chi connectivity index (χ4v) is 11.4. The molecule has 324 valence electrons. The summed E-state index contributed by atoms with van der Waals surface area (Å²) in [4.78, 5) is 15.3. The van der Waals surface area contributed by atoms with Gasteiger partial charge in [-0.3, -0.25) is 15.0 Å². The Morgan fingerprint density at radius 1 is 0.186 bits per heavy atom. The summed E-state index contributed by atoms with van der Waals surface area (Å²) in [5.74, 6) is 0. The molecule has 11 aromatic carbocycles. The minimum Gasteiger partial charge on any atom is -0.256 e. The molecule has 3 heterocycles. The van der Waals surface area contributed by atoms with Crippen LogP contribution in [0.15, 0.2) is 249 Å². The Morgan fingerprint density at radius 3 is 0.886 bits per heavy atom. The third-order valence-corrected chi connectivity index (χ3v) is 14.4. The largest absolute Gasteiger partial charge is 0.256 e. The molecule has 3 heteroatoms. The molecule has 0 bridgehead atoms. The van der Waals surface area contributed by atoms with Crippen molar-refractivity contribution in [2.45, 2.75) is 0 Å². The van der Waals surface area contributed by atoms with Gasteiger partial charge in [0.1, 0.15) is 0 Å². The summed E-state index contributed by atoms with van der Waals surface area (Å²) in [6, 6.07) is 83.4. The second kappa shape index (κ2) is 16.2. The van der Waals surface area contributed by atoms with Gasteiger partial charge in [-0.15, -0.1) is 0 Å². The highest BCUT2D eigenvalue weighted by molar-refractivity contribution is 6.23. The Morgan fingerprint density at radius 2 is 0.471 bits per heavy atom. The first-order chi connectivity index (χ1) is 34.8. The number of pyridine rings is 3. The molecule has 14 aromatic rings. The van der Waals surface area contributed by atoms with E-state index in [1.807, 2.05) is 18.6 Å². The van der Waals surface area contributed by atoms with Gasteiger partial charge in [0.2, 0.25) is 0 Å². The van der Waals surface area contributed by atoms with Crippen molar-refractivity contribution in [3.05, 3.63) is 249 Å². The van der Waals surface area contributed by atoms with Crippen LogP contribution in [0.4, 0.5) is 0 Å². The van der Waals surface area contributed by atoms with Crippen molar-refractivity contribution >= 4 is 75.8 Å². The second-order valence-electron chi connectivity index (χ2n) is 18.2. The fourth-order valence-electron chi connectivity index (χ4n) is 11.4. The first-order valence-electron chi connectivity index (χ1n) is 23.9. The van der Waals surface area contributed by atoms with Crippen LogP contribution in [0.2, 0.25) is 0 Å². The number of hydrogen-bond donors (Lipinski definition) is 0. The van der Waals surface area contributed by atoms with Crippen LogP contribution in [0.3, 0.4) is 0 Å². The number of rotatable bonds is 6. The van der Waals surface area contributed by atoms with Crippen LogP contribution < -0.4 is 0 Å². The van der Waals surface area contributed by atoms with E-state index in [0.717, 1.165) is 71.7 Å². The van der Waals surface area contributed by atoms with E-state index in [4.69, 9.17) is 15.0 Å². The van der Waals surface area contributed by atoms with Crippen LogP contribution in [0.25, 0.3) is 143 Å². The molecule has 3 nitrogen and oxygen atoms in total. The third-order valence-electron chi connectivity index (χ3n) is 14.4. The Hall–Kier alpha value is -9.31. The molecule has 0 N–H and O–H groups in total. The lowest BCUT2D eigenvalue weighted by molar-refractivity contribution is 1.41. The van der Waals surface area contributed by atoms with Gasteiger partial charge >= 0.3 is 0 Å². The summed E-state index contributed by atoms with van der Waals surface area (Å²) in [5.41, 5.74) is 16.9. The van der Waals surface area contributed by atoms with Crippen molar-refractivity contribution in [1.82, 2.24) is 15.0 Å². The average molecular weight is 888 g/mol. The van der Waals surface area contributed by atoms with E-state index in [9.17, 15) is 0 Å². The fraction of sp³-hybridized carbons (Fsp3) is 0. The molecule has 14 rings (SSSR count). The van der Waals surface area contributed by atoms with Crippen molar-refractivity contribution in [3.63, 3.8) is 0 Å². The first kappa shape index (κ1) is 39.8. The zero-order chi connectivity index (χ0) is 46.1. The minimum absolute atomic E-state index is 0.979. The molecule has 0 spiro atoms. The highest BCUT2D eigenvalue weighted by Gasteiger charge is 2.22. The number of benzene rings is 11. The van der Waals surface area contributed by atoms with Gasteiger partial charge in [-0.2, -0.15) is 0 Å². The van der Waals surface area contributed by atoms with Gasteiger partial charge in [-0.25, -0.2) is 0 Å². The molecular weight excluding hydrogens is 847 g/mol. The van der Waals surface area contributed by atoms with E-state index in [1.165, 1.54) is 70.9 Å². The van der Waals surface area contributed by atoms with Gasteiger partial charge in [0.05, 0.1) is 16.6 Å². The van der Waals surface area contributed by atoms with E-state index in [1.54, 1.807) is 0 Å². The molecule has 0 atom stereocenters. The van der Waals surface area contributed by atoms with Crippen molar-refractivity contribution in [2.75, 3.05) is 0 Å². The van der Waals surface area contributed by atoms with Crippen LogP contribution in [-0.4, -0.2) is 15.0 Å². The second-order valence-corrected chi connectivity index (χ2v) is 18.2. The molecule has 3 aromatic heterocycles. The quantitative estimate of drug-likeness (QED) is 0.156. The van der Waals surface area contributed by atoms with Crippen molar-refractivity contribution < 1.29 is 0 Å². The molecule has 0 aliphatic rings. The maximum Gasteiger partial charge on any atom is 0.0792 e. The summed E-state index contributed by atoms with van der Waals surface area (Å²) in [7, 11) is 0. The zero-order valence-corrected chi connectivity index (χ0v) is 38.0. The lowest BCUT2D eigenvalue weighted by Gasteiger charge is -2.19. The number of nitrogens with zero attached hydrogens (tertiary/aromatic N) is 3. The summed E-state index contributed by atoms with van der Waals surface area (Å²) in [6.45, 7) is 0. The topological polar surface area (TPSA) is 38.7 Å². The predicted octanol–water partition coefficient (Wildman–Crippen LogP) is 17.9. The van der Waals surface area contributed by atoms with Crippen LogP contribution in [0.1, 0.15) is 0 Å². The van der Waals surface area contributed by atoms with Crippen LogP contribution in [0.5, 0.6) is 0 Å². The van der Waals surface area contributed by atoms with Crippen LogP contribution >= 0.6 is 0 Å². The van der Waals surface area contributed by atoms with Gasteiger partial charge < -0.3 is 0 Å². The Bertz CT molecular complexity index is 4220. The summed E-state index contributed by atoms with van der Waals surface area (Å²) in [5, 5.41) is 13.0. The molecule has 0 saturated heterocycles. The van der Waals surface area contributed by atoms with E-state index in [2.05, 4.69) is 231 Å². The minimum atomic E-state index is 0.979. The van der Waals surface area contributed by atoms with E-state index < -0.39 is 0 Å². The monoisotopic (exact) mass is 887 g/mol. The van der Waals surface area contributed by atoms with Gasteiger partial charge in [0.15, 0.2) is 0 Å². The maximum atomic E-state index is 5.17. The lowest BCUT2D eigenvalue weighted by Crippen LogP contribution is -1.94. The lowest BCUT2D eigenvalue weighted by atomic mass is 9.85. The standard InChI is InChI=1S/C67H41N3/c1-2-16-43(17-3-1)62-53-22-9-6-19-50(53)59(56-25-12-38-68-65(56)62)44-29-31-45(32-30-44)60-51-20-7-10-23-54(51)63(66-57(60)26-13-39-69-66)47-35-33-46(34-36-47)61-52-21-8-11-24-55(52)64(67-58(61)27-14-40-70-67)49-37-28-42-15-4-5-18-48(42)41-49/h1-41H. The van der Waals surface area contributed by atoms with E-state index >= 15 is 0 Å². The van der Waals surface area contributed by atoms with Gasteiger partial charge in [0, 0.05) is 51.4 Å². The average Bonchev–Trinajstić information content (AvgIpc) is 3.43. The SMILES string of the molecule is c1ccc(-c2c3ccccc3c(-c3ccc(-c4c5ccccc5c(-c5ccc(-c6c7ccccc7c(-c7ccc8ccccc8c7)c7ncccc67)cc5)c5ncccc45)cc3)c3cccnc23)cc1. The number of hydrogen-bond acceptors (Lipinski definition) is 3. The molecule has 0 unspecified atom stereocenters. The smallest absolute Gasteiger partial charge is 0.0792 e. The Balaban J connectivity index is 0.903. The summed E-state index contributed by atoms with van der Waals surface area (Å²) < 4.78 is 0. The summed E-state index contributed by atoms with van der Waals surface area (Å²) >= 11 is 0. The highest BCUT2D eigenvalue weighted by atomic mass is 14.7. The van der Waals surface area contributed by atoms with Crippen molar-refractivity contribution in [1.29, 1.82) is 0 Å². The predicted molar refractivity (Wildman–Crippen MR) is 295 cm³/mol. The Kier molecular flexibility index (Phi) is 9.21. The van der Waals surface area contributed by atoms with E-state index in [0.29, 0.717) is 0 Å². The molecule has 0 amide bonds. The van der Waals surface area contributed by atoms with E-state index in [-0.39, 0.29) is 0 Å². The molecule has 70 heavy (non-hydrogen) atoms. The van der Waals surface area contributed by atoms with Crippen molar-refractivity contribution in [3.8, 4) is 66.8 Å². The van der Waals surface area contributed by atoms with Gasteiger partial charge in [-0.1, -0.05) is 206 Å². The maximum absolute atomic E-state index is 5.17. The molecular formula is C67H41N3. The normalized spacial score (nSPS) is 11.7. The number of aromatic nitrogens is 3. The van der Waals surface area contributed by atoms with Crippen LogP contribution in [0, 0.1) is 0 Å². The summed E-state index contributed by atoms with van der Waals surface area (Å²) in [6.07, 6.45) is 5.75. The highest BCUT2D eigenvalue weighted by Crippen LogP contribution is 2.48. The van der Waals surface area contributed by atoms with Gasteiger partial charge in [0.25, 0.3) is 0 Å². The third kappa shape index (κ3) is 6.26. The van der Waals surface area contributed by atoms with Crippen LogP contribution in [-0.2, 0) is 0 Å². The zero-order valence-electron chi connectivity index (χ0n) is 38.0. The Labute approximate surface area is 404 Å². The molecule has 0 aliphatic heterocycles. The van der Waals surface area contributed by atoms with Gasteiger partial charge in [-0.05, 0) is 117 Å². The first-order valence-corrected chi connectivity index (χ1v) is 23.9. The molecule has 0 saturated carbocycles. The van der Waals surface area contributed by atoms with Crippen molar-refractivity contribution in [2.24, 2.45) is 0 Å². The molecule has 0 fully saturated rings. The number of fused-ring (bicyclic) bond motifs is 7.